The molecule has 0 aliphatic heterocycles. The quantitative estimate of drug-likeness (QED) is 0.0917. The van der Waals surface area contributed by atoms with Crippen LogP contribution in [0.25, 0.3) is 0 Å². The van der Waals surface area contributed by atoms with E-state index in [9.17, 15) is 52.7 Å². The number of hydrogen-bond donors (Lipinski definition) is 1. The summed E-state index contributed by atoms with van der Waals surface area (Å²) in [6.07, 6.45) is -7.22. The Morgan fingerprint density at radius 1 is 0.224 bits per heavy atom. The SMILES string of the molecule is CC(C)(C)[NH+](C(C)(C)C)C(C)(C)C.Fc1c(F)c(F)c([B-](c2c(F)c(F)c(F)c(F)c2F)(c2c(F)c(F)c(F)c(F)c2F)c2c(F)c(F)c(F)c(F)c2F)c(F)c1F. The van der Waals surface area contributed by atoms with E-state index in [0.717, 1.165) is 0 Å². The highest BCUT2D eigenvalue weighted by Gasteiger charge is 2.52. The summed E-state index contributed by atoms with van der Waals surface area (Å²) in [5.41, 5.74) is -13.4. The average Bonchev–Trinajstić information content (AvgIpc) is 3.09. The Kier molecular flexibility index (Phi) is 12.9. The molecule has 0 saturated heterocycles. The first-order valence-corrected chi connectivity index (χ1v) is 16.2. The molecule has 0 radical (unpaired) electrons. The van der Waals surface area contributed by atoms with E-state index in [1.54, 1.807) is 4.90 Å². The molecule has 58 heavy (non-hydrogen) atoms. The van der Waals surface area contributed by atoms with Crippen LogP contribution in [-0.4, -0.2) is 22.8 Å². The monoisotopic (exact) mass is 865 g/mol. The van der Waals surface area contributed by atoms with Crippen molar-refractivity contribution in [3.05, 3.63) is 116 Å². The average molecular weight is 865 g/mol. The maximum Gasteiger partial charge on any atom is 0.200 e. The zero-order valence-electron chi connectivity index (χ0n) is 31.1. The van der Waals surface area contributed by atoms with E-state index in [2.05, 4.69) is 62.3 Å². The van der Waals surface area contributed by atoms with Crippen molar-refractivity contribution in [2.24, 2.45) is 0 Å². The highest BCUT2D eigenvalue weighted by Crippen LogP contribution is 2.30. The molecule has 1 N–H and O–H groups in total. The van der Waals surface area contributed by atoms with Gasteiger partial charge in [0.25, 0.3) is 0 Å². The molecule has 0 spiro atoms. The van der Waals surface area contributed by atoms with Gasteiger partial charge in [-0.15, -0.1) is 21.9 Å². The lowest BCUT2D eigenvalue weighted by Gasteiger charge is -2.49. The van der Waals surface area contributed by atoms with Crippen LogP contribution in [0.15, 0.2) is 0 Å². The zero-order chi connectivity index (χ0) is 45.4. The summed E-state index contributed by atoms with van der Waals surface area (Å²) in [6, 6.07) is 0. The minimum atomic E-state index is -7.22. The molecule has 0 amide bonds. The fourth-order valence-corrected chi connectivity index (χ4v) is 8.25. The van der Waals surface area contributed by atoms with Gasteiger partial charge < -0.3 is 4.90 Å². The Labute approximate surface area is 316 Å². The van der Waals surface area contributed by atoms with E-state index < -0.39 is 144 Å². The standard InChI is InChI=1S/C24BF20.C12H27N/c26-5-1(6(27)14(35)21(42)13(5)34)25(2-7(28)15(36)22(43)16(37)8(2)29,3-9(30)17(38)23(44)18(39)10(3)31)4-11(32)19(40)24(45)20(41)12(4)33;1-10(2,3)13(11(4,5)6)12(7,8)9/h;1-9H3/q-1;/p+1. The Morgan fingerprint density at radius 3 is 0.414 bits per heavy atom. The predicted octanol–water partition coefficient (Wildman–Crippen LogP) is 8.11. The zero-order valence-corrected chi connectivity index (χ0v) is 31.1. The van der Waals surface area contributed by atoms with Gasteiger partial charge in [0.1, 0.15) is 52.7 Å². The van der Waals surface area contributed by atoms with Crippen LogP contribution in [0, 0.1) is 116 Å². The molecular formula is C36H28BF20N. The summed E-state index contributed by atoms with van der Waals surface area (Å²) in [5.74, 6) is -71.4. The van der Waals surface area contributed by atoms with Gasteiger partial charge in [0.15, 0.2) is 69.8 Å². The van der Waals surface area contributed by atoms with Crippen molar-refractivity contribution < 1.29 is 92.7 Å². The first-order valence-electron chi connectivity index (χ1n) is 16.2. The van der Waals surface area contributed by atoms with Crippen molar-refractivity contribution in [2.45, 2.75) is 78.9 Å². The van der Waals surface area contributed by atoms with Crippen molar-refractivity contribution in [1.29, 1.82) is 0 Å². The highest BCUT2D eigenvalue weighted by molar-refractivity contribution is 7.20. The van der Waals surface area contributed by atoms with Gasteiger partial charge in [0.05, 0.1) is 16.6 Å². The third-order valence-electron chi connectivity index (χ3n) is 8.96. The van der Waals surface area contributed by atoms with Gasteiger partial charge in [-0.25, -0.2) is 87.8 Å². The minimum absolute atomic E-state index is 0.302. The van der Waals surface area contributed by atoms with Crippen LogP contribution in [0.2, 0.25) is 0 Å². The molecule has 4 rings (SSSR count). The molecule has 4 aromatic carbocycles. The van der Waals surface area contributed by atoms with Gasteiger partial charge in [0, 0.05) is 0 Å². The molecule has 4 aromatic rings. The lowest BCUT2D eigenvalue weighted by atomic mass is 9.12. The Bertz CT molecular complexity index is 1890. The summed E-state index contributed by atoms with van der Waals surface area (Å²) >= 11 is 0. The van der Waals surface area contributed by atoms with Gasteiger partial charge in [-0.3, -0.25) is 0 Å². The summed E-state index contributed by atoms with van der Waals surface area (Å²) < 4.78 is 294. The lowest BCUT2D eigenvalue weighted by Crippen LogP contribution is -3.30. The molecule has 22 heteroatoms. The molecule has 0 saturated carbocycles. The topological polar surface area (TPSA) is 4.44 Å². The van der Waals surface area contributed by atoms with Crippen molar-refractivity contribution >= 4 is 28.0 Å². The molecule has 0 unspecified atom stereocenters. The Morgan fingerprint density at radius 2 is 0.328 bits per heavy atom. The van der Waals surface area contributed by atoms with Crippen molar-refractivity contribution in [3.63, 3.8) is 0 Å². The number of quaternary nitrogens is 1. The molecule has 0 atom stereocenters. The maximum absolute atomic E-state index is 15.4. The first-order chi connectivity index (χ1) is 26.1. The van der Waals surface area contributed by atoms with Crippen LogP contribution in [0.1, 0.15) is 62.3 Å². The number of rotatable bonds is 4. The van der Waals surface area contributed by atoms with Crippen molar-refractivity contribution in [2.75, 3.05) is 0 Å². The van der Waals surface area contributed by atoms with Crippen LogP contribution in [0.3, 0.4) is 0 Å². The predicted molar refractivity (Wildman–Crippen MR) is 169 cm³/mol. The fraction of sp³-hybridized carbons (Fsp3) is 0.333. The van der Waals surface area contributed by atoms with E-state index in [4.69, 9.17) is 0 Å². The van der Waals surface area contributed by atoms with Crippen molar-refractivity contribution in [3.8, 4) is 0 Å². The Balaban J connectivity index is 0.000000594. The summed E-state index contributed by atoms with van der Waals surface area (Å²) in [4.78, 5) is 1.65. The van der Waals surface area contributed by atoms with Crippen LogP contribution in [0.4, 0.5) is 87.8 Å². The maximum atomic E-state index is 15.4. The smallest absolute Gasteiger partial charge is 0.200 e. The second-order valence-electron chi connectivity index (χ2n) is 15.9. The Hall–Kier alpha value is -4.50. The third kappa shape index (κ3) is 7.37. The minimum Gasteiger partial charge on any atom is -0.322 e. The van der Waals surface area contributed by atoms with Crippen LogP contribution in [0.5, 0.6) is 0 Å². The van der Waals surface area contributed by atoms with E-state index in [0.29, 0.717) is 16.6 Å². The van der Waals surface area contributed by atoms with E-state index in [-0.39, 0.29) is 0 Å². The van der Waals surface area contributed by atoms with Crippen molar-refractivity contribution in [1.82, 2.24) is 0 Å². The summed E-state index contributed by atoms with van der Waals surface area (Å²) in [5, 5.41) is 0. The molecule has 0 heterocycles. The number of halogens is 20. The van der Waals surface area contributed by atoms with Gasteiger partial charge in [-0.1, -0.05) is 0 Å². The first kappa shape index (κ1) is 47.9. The number of nitrogens with one attached hydrogen (secondary N) is 1. The fourth-order valence-electron chi connectivity index (χ4n) is 8.25. The molecular weight excluding hydrogens is 837 g/mol. The molecule has 1 nitrogen and oxygen atoms in total. The highest BCUT2D eigenvalue weighted by atomic mass is 19.2. The second kappa shape index (κ2) is 15.6. The van der Waals surface area contributed by atoms with Gasteiger partial charge in [-0.05, 0) is 62.3 Å². The van der Waals surface area contributed by atoms with Gasteiger partial charge in [-0.2, -0.15) is 0 Å². The van der Waals surface area contributed by atoms with Crippen LogP contribution >= 0.6 is 0 Å². The van der Waals surface area contributed by atoms with Gasteiger partial charge in [0.2, 0.25) is 0 Å². The van der Waals surface area contributed by atoms with Crippen LogP contribution < -0.4 is 26.8 Å². The number of hydrogen-bond acceptors (Lipinski definition) is 0. The number of benzene rings is 4. The molecule has 0 fully saturated rings. The largest absolute Gasteiger partial charge is 0.322 e. The third-order valence-corrected chi connectivity index (χ3v) is 8.96. The van der Waals surface area contributed by atoms with Gasteiger partial charge >= 0.3 is 0 Å². The van der Waals surface area contributed by atoms with E-state index in [1.807, 2.05) is 0 Å². The summed E-state index contributed by atoms with van der Waals surface area (Å²) in [6.45, 7) is 20.9. The van der Waals surface area contributed by atoms with E-state index >= 15 is 35.1 Å². The van der Waals surface area contributed by atoms with Crippen LogP contribution in [-0.2, 0) is 0 Å². The normalized spacial score (nSPS) is 12.7. The van der Waals surface area contributed by atoms with E-state index in [1.165, 1.54) is 0 Å². The lowest BCUT2D eigenvalue weighted by molar-refractivity contribution is -1.03. The molecule has 0 aliphatic carbocycles. The summed E-state index contributed by atoms with van der Waals surface area (Å²) in [7, 11) is 0. The molecule has 320 valence electrons. The molecule has 0 bridgehead atoms. The second-order valence-corrected chi connectivity index (χ2v) is 15.9. The molecule has 0 aliphatic rings. The molecule has 0 aromatic heterocycles.